The number of hydrogen-bond acceptors (Lipinski definition) is 5. The van der Waals surface area contributed by atoms with Crippen molar-refractivity contribution in [2.24, 2.45) is 0 Å². The standard InChI is InChI=1S/C13H21NO4/c1-16-11-9-13(18-3)12(17-2)8-10(11)14-6-4-5-7-15/h8-9,14-15H,4-7H2,1-3H3. The summed E-state index contributed by atoms with van der Waals surface area (Å²) in [5.41, 5.74) is 0.855. The van der Waals surface area contributed by atoms with Crippen molar-refractivity contribution >= 4 is 5.69 Å². The first-order chi connectivity index (χ1) is 8.76. The second kappa shape index (κ2) is 7.66. The lowest BCUT2D eigenvalue weighted by Crippen LogP contribution is -2.05. The van der Waals surface area contributed by atoms with Crippen LogP contribution in [-0.2, 0) is 0 Å². The molecule has 0 aliphatic heterocycles. The topological polar surface area (TPSA) is 60.0 Å². The first-order valence-corrected chi connectivity index (χ1v) is 5.91. The first kappa shape index (κ1) is 14.4. The van der Waals surface area contributed by atoms with Crippen molar-refractivity contribution in [1.82, 2.24) is 0 Å². The van der Waals surface area contributed by atoms with Crippen molar-refractivity contribution < 1.29 is 19.3 Å². The van der Waals surface area contributed by atoms with Crippen molar-refractivity contribution in [2.45, 2.75) is 12.8 Å². The molecule has 102 valence electrons. The number of anilines is 1. The monoisotopic (exact) mass is 255 g/mol. The van der Waals surface area contributed by atoms with Gasteiger partial charge in [-0.2, -0.15) is 0 Å². The van der Waals surface area contributed by atoms with E-state index in [0.717, 1.165) is 25.1 Å². The quantitative estimate of drug-likeness (QED) is 0.695. The molecule has 2 N–H and O–H groups in total. The van der Waals surface area contributed by atoms with Crippen LogP contribution in [0.15, 0.2) is 12.1 Å². The fourth-order valence-electron chi connectivity index (χ4n) is 1.63. The Morgan fingerprint density at radius 3 is 2.11 bits per heavy atom. The molecule has 0 spiro atoms. The van der Waals surface area contributed by atoms with E-state index in [0.29, 0.717) is 17.2 Å². The SMILES string of the molecule is COc1cc(OC)c(OC)cc1NCCCCO. The average molecular weight is 255 g/mol. The number of hydrogen-bond donors (Lipinski definition) is 2. The summed E-state index contributed by atoms with van der Waals surface area (Å²) in [6.07, 6.45) is 1.68. The number of aliphatic hydroxyl groups is 1. The van der Waals surface area contributed by atoms with E-state index in [4.69, 9.17) is 19.3 Å². The molecule has 1 rings (SSSR count). The Bertz CT molecular complexity index is 368. The third-order valence-corrected chi connectivity index (χ3v) is 2.61. The van der Waals surface area contributed by atoms with Crippen LogP contribution in [0.25, 0.3) is 0 Å². The Morgan fingerprint density at radius 1 is 0.944 bits per heavy atom. The van der Waals surface area contributed by atoms with Crippen LogP contribution in [0.4, 0.5) is 5.69 Å². The largest absolute Gasteiger partial charge is 0.494 e. The van der Waals surface area contributed by atoms with Crippen LogP contribution in [0.2, 0.25) is 0 Å². The number of unbranched alkanes of at least 4 members (excludes halogenated alkanes) is 1. The highest BCUT2D eigenvalue weighted by Crippen LogP contribution is 2.37. The summed E-state index contributed by atoms with van der Waals surface area (Å²) in [4.78, 5) is 0. The average Bonchev–Trinajstić information content (AvgIpc) is 2.42. The molecule has 0 aromatic heterocycles. The fraction of sp³-hybridized carbons (Fsp3) is 0.538. The Balaban J connectivity index is 2.81. The van der Waals surface area contributed by atoms with Crippen LogP contribution < -0.4 is 19.5 Å². The lowest BCUT2D eigenvalue weighted by atomic mass is 10.2. The van der Waals surface area contributed by atoms with Crippen LogP contribution in [0.5, 0.6) is 17.2 Å². The number of aliphatic hydroxyl groups excluding tert-OH is 1. The van der Waals surface area contributed by atoms with E-state index < -0.39 is 0 Å². The van der Waals surface area contributed by atoms with Gasteiger partial charge in [-0.15, -0.1) is 0 Å². The highest BCUT2D eigenvalue weighted by atomic mass is 16.5. The predicted octanol–water partition coefficient (Wildman–Crippen LogP) is 1.90. The third kappa shape index (κ3) is 3.70. The molecular formula is C13H21NO4. The van der Waals surface area contributed by atoms with Gasteiger partial charge >= 0.3 is 0 Å². The number of benzene rings is 1. The van der Waals surface area contributed by atoms with E-state index in [1.54, 1.807) is 27.4 Å². The minimum Gasteiger partial charge on any atom is -0.494 e. The van der Waals surface area contributed by atoms with E-state index in [1.165, 1.54) is 0 Å². The van der Waals surface area contributed by atoms with Gasteiger partial charge in [-0.3, -0.25) is 0 Å². The van der Waals surface area contributed by atoms with E-state index in [9.17, 15) is 0 Å². The molecule has 0 saturated heterocycles. The molecule has 0 saturated carbocycles. The zero-order valence-electron chi connectivity index (χ0n) is 11.2. The van der Waals surface area contributed by atoms with Crippen molar-refractivity contribution in [3.63, 3.8) is 0 Å². The van der Waals surface area contributed by atoms with Crippen molar-refractivity contribution in [2.75, 3.05) is 39.8 Å². The highest BCUT2D eigenvalue weighted by Gasteiger charge is 2.11. The van der Waals surface area contributed by atoms with Crippen molar-refractivity contribution in [3.05, 3.63) is 12.1 Å². The molecule has 0 aliphatic rings. The van der Waals surface area contributed by atoms with E-state index in [1.807, 2.05) is 6.07 Å². The second-order valence-electron chi connectivity index (χ2n) is 3.76. The van der Waals surface area contributed by atoms with Crippen LogP contribution in [0, 0.1) is 0 Å². The summed E-state index contributed by atoms with van der Waals surface area (Å²) in [6, 6.07) is 3.63. The summed E-state index contributed by atoms with van der Waals surface area (Å²) in [5.74, 6) is 2.00. The maximum atomic E-state index is 8.73. The van der Waals surface area contributed by atoms with E-state index in [-0.39, 0.29) is 6.61 Å². The van der Waals surface area contributed by atoms with Gasteiger partial charge in [-0.05, 0) is 12.8 Å². The molecule has 0 bridgehead atoms. The molecule has 1 aromatic rings. The Morgan fingerprint density at radius 2 is 1.56 bits per heavy atom. The predicted molar refractivity (Wildman–Crippen MR) is 70.9 cm³/mol. The molecule has 0 heterocycles. The van der Waals surface area contributed by atoms with Gasteiger partial charge in [-0.25, -0.2) is 0 Å². The van der Waals surface area contributed by atoms with Crippen LogP contribution in [-0.4, -0.2) is 39.6 Å². The highest BCUT2D eigenvalue weighted by molar-refractivity contribution is 5.64. The minimum atomic E-state index is 0.213. The van der Waals surface area contributed by atoms with Gasteiger partial charge in [0.15, 0.2) is 11.5 Å². The number of rotatable bonds is 8. The molecule has 5 heteroatoms. The molecule has 0 radical (unpaired) electrons. The molecule has 0 atom stereocenters. The zero-order valence-corrected chi connectivity index (χ0v) is 11.2. The first-order valence-electron chi connectivity index (χ1n) is 5.91. The summed E-state index contributed by atoms with van der Waals surface area (Å²) in [6.45, 7) is 0.983. The van der Waals surface area contributed by atoms with E-state index in [2.05, 4.69) is 5.32 Å². The van der Waals surface area contributed by atoms with Gasteiger partial charge in [0.25, 0.3) is 0 Å². The zero-order chi connectivity index (χ0) is 13.4. The van der Waals surface area contributed by atoms with Crippen LogP contribution >= 0.6 is 0 Å². The maximum Gasteiger partial charge on any atom is 0.164 e. The number of methoxy groups -OCH3 is 3. The molecule has 0 fully saturated rings. The number of ether oxygens (including phenoxy) is 3. The van der Waals surface area contributed by atoms with Crippen molar-refractivity contribution in [1.29, 1.82) is 0 Å². The number of nitrogens with one attached hydrogen (secondary N) is 1. The summed E-state index contributed by atoms with van der Waals surface area (Å²) in [7, 11) is 4.80. The third-order valence-electron chi connectivity index (χ3n) is 2.61. The molecule has 5 nitrogen and oxygen atoms in total. The Hall–Kier alpha value is -1.62. The smallest absolute Gasteiger partial charge is 0.164 e. The van der Waals surface area contributed by atoms with Crippen molar-refractivity contribution in [3.8, 4) is 17.2 Å². The van der Waals surface area contributed by atoms with E-state index >= 15 is 0 Å². The fourth-order valence-corrected chi connectivity index (χ4v) is 1.63. The normalized spacial score (nSPS) is 10.0. The second-order valence-corrected chi connectivity index (χ2v) is 3.76. The van der Waals surface area contributed by atoms with Gasteiger partial charge in [0.1, 0.15) is 5.75 Å². The van der Waals surface area contributed by atoms with Gasteiger partial charge in [0.2, 0.25) is 0 Å². The Labute approximate surface area is 108 Å². The summed E-state index contributed by atoms with van der Waals surface area (Å²) in [5, 5.41) is 12.0. The molecule has 18 heavy (non-hydrogen) atoms. The van der Waals surface area contributed by atoms with Crippen LogP contribution in [0.3, 0.4) is 0 Å². The van der Waals surface area contributed by atoms with Gasteiger partial charge < -0.3 is 24.6 Å². The minimum absolute atomic E-state index is 0.213. The van der Waals surface area contributed by atoms with Gasteiger partial charge in [-0.1, -0.05) is 0 Å². The summed E-state index contributed by atoms with van der Waals surface area (Å²) >= 11 is 0. The van der Waals surface area contributed by atoms with Crippen LogP contribution in [0.1, 0.15) is 12.8 Å². The Kier molecular flexibility index (Phi) is 6.14. The molecule has 0 amide bonds. The lowest BCUT2D eigenvalue weighted by Gasteiger charge is -2.15. The van der Waals surface area contributed by atoms with Gasteiger partial charge in [0.05, 0.1) is 27.0 Å². The molecule has 1 aromatic carbocycles. The van der Waals surface area contributed by atoms with Gasteiger partial charge in [0, 0.05) is 25.3 Å². The lowest BCUT2D eigenvalue weighted by molar-refractivity contribution is 0.286. The molecule has 0 aliphatic carbocycles. The molecule has 0 unspecified atom stereocenters. The molecular weight excluding hydrogens is 234 g/mol. The summed E-state index contributed by atoms with van der Waals surface area (Å²) < 4.78 is 15.8. The maximum absolute atomic E-state index is 8.73.